The zero-order chi connectivity index (χ0) is 6.43. The smallest absolute Gasteiger partial charge is 0.0168 e. The van der Waals surface area contributed by atoms with E-state index >= 15 is 0 Å². The average Bonchev–Trinajstić information content (AvgIpc) is 2.60. The fourth-order valence-corrected chi connectivity index (χ4v) is 1.50. The van der Waals surface area contributed by atoms with E-state index in [-0.39, 0.29) is 0 Å². The normalized spacial score (nSPS) is 40.6. The molecule has 1 heterocycles. The molecule has 0 radical (unpaired) electrons. The molecule has 0 N–H and O–H groups in total. The fourth-order valence-electron chi connectivity index (χ4n) is 1.50. The molecule has 1 saturated carbocycles. The summed E-state index contributed by atoms with van der Waals surface area (Å²) in [6, 6.07) is 0.905. The van der Waals surface area contributed by atoms with E-state index < -0.39 is 0 Å². The van der Waals surface area contributed by atoms with Gasteiger partial charge >= 0.3 is 0 Å². The molecule has 9 heavy (non-hydrogen) atoms. The van der Waals surface area contributed by atoms with Crippen molar-refractivity contribution in [1.29, 1.82) is 0 Å². The van der Waals surface area contributed by atoms with Crippen molar-refractivity contribution in [3.63, 3.8) is 0 Å². The van der Waals surface area contributed by atoms with E-state index in [4.69, 9.17) is 0 Å². The van der Waals surface area contributed by atoms with Crippen LogP contribution in [0.4, 0.5) is 0 Å². The highest BCUT2D eigenvalue weighted by Gasteiger charge is 2.45. The molecule has 0 amide bonds. The van der Waals surface area contributed by atoms with E-state index in [1.54, 1.807) is 0 Å². The molecular weight excluding hydrogens is 110 g/mol. The SMILES string of the molecule is C=C(C)C1CC1N1CC1. The minimum Gasteiger partial charge on any atom is -0.297 e. The Kier molecular flexibility index (Phi) is 0.974. The van der Waals surface area contributed by atoms with E-state index in [0.29, 0.717) is 0 Å². The van der Waals surface area contributed by atoms with E-state index in [1.165, 1.54) is 25.1 Å². The first kappa shape index (κ1) is 5.48. The predicted octanol–water partition coefficient (Wildman–Crippen LogP) is 1.27. The van der Waals surface area contributed by atoms with Crippen molar-refractivity contribution in [3.8, 4) is 0 Å². The van der Waals surface area contributed by atoms with E-state index in [0.717, 1.165) is 12.0 Å². The Morgan fingerprint density at radius 3 is 2.56 bits per heavy atom. The second-order valence-corrected chi connectivity index (χ2v) is 3.29. The molecule has 2 rings (SSSR count). The van der Waals surface area contributed by atoms with Gasteiger partial charge in [0.2, 0.25) is 0 Å². The molecule has 0 aromatic carbocycles. The summed E-state index contributed by atoms with van der Waals surface area (Å²) in [6.07, 6.45) is 1.38. The maximum absolute atomic E-state index is 3.95. The van der Waals surface area contributed by atoms with Crippen LogP contribution < -0.4 is 0 Å². The van der Waals surface area contributed by atoms with Gasteiger partial charge in [-0.3, -0.25) is 4.90 Å². The Hall–Kier alpha value is -0.300. The van der Waals surface area contributed by atoms with Gasteiger partial charge in [-0.1, -0.05) is 12.2 Å². The van der Waals surface area contributed by atoms with Gasteiger partial charge in [-0.2, -0.15) is 0 Å². The number of hydrogen-bond donors (Lipinski definition) is 0. The van der Waals surface area contributed by atoms with Crippen molar-refractivity contribution < 1.29 is 0 Å². The summed E-state index contributed by atoms with van der Waals surface area (Å²) in [4.78, 5) is 2.53. The van der Waals surface area contributed by atoms with Crippen LogP contribution in [0.15, 0.2) is 12.2 Å². The summed E-state index contributed by atoms with van der Waals surface area (Å²) in [5.74, 6) is 0.854. The largest absolute Gasteiger partial charge is 0.297 e. The van der Waals surface area contributed by atoms with E-state index in [9.17, 15) is 0 Å². The molecule has 2 aliphatic rings. The monoisotopic (exact) mass is 123 g/mol. The Balaban J connectivity index is 1.87. The van der Waals surface area contributed by atoms with Crippen LogP contribution >= 0.6 is 0 Å². The third-order valence-corrected chi connectivity index (χ3v) is 2.34. The summed E-state index contributed by atoms with van der Waals surface area (Å²) in [6.45, 7) is 8.78. The maximum atomic E-state index is 3.95. The predicted molar refractivity (Wildman–Crippen MR) is 38.3 cm³/mol. The molecular formula is C8H13N. The summed E-state index contributed by atoms with van der Waals surface area (Å²) < 4.78 is 0. The van der Waals surface area contributed by atoms with Gasteiger partial charge < -0.3 is 0 Å². The Bertz CT molecular complexity index is 147. The molecule has 2 fully saturated rings. The van der Waals surface area contributed by atoms with Crippen LogP contribution in [0.3, 0.4) is 0 Å². The highest BCUT2D eigenvalue weighted by atomic mass is 15.3. The van der Waals surface area contributed by atoms with Crippen molar-refractivity contribution in [3.05, 3.63) is 12.2 Å². The van der Waals surface area contributed by atoms with Crippen molar-refractivity contribution in [2.75, 3.05) is 13.1 Å². The van der Waals surface area contributed by atoms with Gasteiger partial charge in [0, 0.05) is 19.1 Å². The lowest BCUT2D eigenvalue weighted by molar-refractivity contribution is 0.528. The molecule has 0 aromatic rings. The topological polar surface area (TPSA) is 3.01 Å². The van der Waals surface area contributed by atoms with Crippen molar-refractivity contribution >= 4 is 0 Å². The highest BCUT2D eigenvalue weighted by molar-refractivity contribution is 5.15. The van der Waals surface area contributed by atoms with Gasteiger partial charge in [0.1, 0.15) is 0 Å². The first-order valence-electron chi connectivity index (χ1n) is 3.68. The van der Waals surface area contributed by atoms with Crippen molar-refractivity contribution in [1.82, 2.24) is 4.90 Å². The molecule has 1 nitrogen and oxygen atoms in total. The molecule has 1 aliphatic carbocycles. The van der Waals surface area contributed by atoms with Crippen LogP contribution in [0.1, 0.15) is 13.3 Å². The van der Waals surface area contributed by atoms with Gasteiger partial charge in [0.25, 0.3) is 0 Å². The Morgan fingerprint density at radius 2 is 2.22 bits per heavy atom. The zero-order valence-corrected chi connectivity index (χ0v) is 5.93. The quantitative estimate of drug-likeness (QED) is 0.394. The van der Waals surface area contributed by atoms with Gasteiger partial charge in [-0.25, -0.2) is 0 Å². The molecule has 1 aliphatic heterocycles. The van der Waals surface area contributed by atoms with Crippen molar-refractivity contribution in [2.24, 2.45) is 5.92 Å². The van der Waals surface area contributed by atoms with Crippen LogP contribution in [0.2, 0.25) is 0 Å². The summed E-state index contributed by atoms with van der Waals surface area (Å²) in [5, 5.41) is 0. The van der Waals surface area contributed by atoms with Crippen LogP contribution in [0.5, 0.6) is 0 Å². The maximum Gasteiger partial charge on any atom is 0.0168 e. The second-order valence-electron chi connectivity index (χ2n) is 3.29. The highest BCUT2D eigenvalue weighted by Crippen LogP contribution is 2.42. The summed E-state index contributed by atoms with van der Waals surface area (Å²) >= 11 is 0. The molecule has 2 unspecified atom stereocenters. The molecule has 1 saturated heterocycles. The van der Waals surface area contributed by atoms with Crippen LogP contribution in [-0.2, 0) is 0 Å². The standard InChI is InChI=1S/C8H13N/c1-6(2)7-5-8(7)9-3-4-9/h7-8H,1,3-5H2,2H3. The minimum absolute atomic E-state index is 0.854. The molecule has 2 atom stereocenters. The summed E-state index contributed by atoms with van der Waals surface area (Å²) in [5.41, 5.74) is 1.38. The Labute approximate surface area is 56.4 Å². The number of hydrogen-bond acceptors (Lipinski definition) is 1. The van der Waals surface area contributed by atoms with Gasteiger partial charge in [-0.15, -0.1) is 0 Å². The Morgan fingerprint density at radius 1 is 1.56 bits per heavy atom. The third kappa shape index (κ3) is 0.897. The average molecular weight is 123 g/mol. The van der Waals surface area contributed by atoms with Crippen LogP contribution in [0, 0.1) is 5.92 Å². The van der Waals surface area contributed by atoms with E-state index in [1.807, 2.05) is 0 Å². The van der Waals surface area contributed by atoms with Crippen LogP contribution in [0.25, 0.3) is 0 Å². The number of nitrogens with zero attached hydrogens (tertiary/aromatic N) is 1. The van der Waals surface area contributed by atoms with Gasteiger partial charge in [0.15, 0.2) is 0 Å². The molecule has 1 heteroatoms. The lowest BCUT2D eigenvalue weighted by atomic mass is 10.2. The van der Waals surface area contributed by atoms with Gasteiger partial charge in [0.05, 0.1) is 0 Å². The fraction of sp³-hybridized carbons (Fsp3) is 0.750. The molecule has 50 valence electrons. The first-order chi connectivity index (χ1) is 4.29. The van der Waals surface area contributed by atoms with Crippen LogP contribution in [-0.4, -0.2) is 24.0 Å². The first-order valence-corrected chi connectivity index (χ1v) is 3.68. The molecule has 0 spiro atoms. The molecule has 0 aromatic heterocycles. The summed E-state index contributed by atoms with van der Waals surface area (Å²) in [7, 11) is 0. The number of rotatable bonds is 2. The molecule has 0 bridgehead atoms. The minimum atomic E-state index is 0.854. The lowest BCUT2D eigenvalue weighted by Gasteiger charge is -1.96. The zero-order valence-electron chi connectivity index (χ0n) is 5.93. The lowest BCUT2D eigenvalue weighted by Crippen LogP contribution is -2.01. The van der Waals surface area contributed by atoms with Crippen molar-refractivity contribution in [2.45, 2.75) is 19.4 Å². The van der Waals surface area contributed by atoms with Gasteiger partial charge in [-0.05, 0) is 19.3 Å². The third-order valence-electron chi connectivity index (χ3n) is 2.34. The van der Waals surface area contributed by atoms with E-state index in [2.05, 4.69) is 18.4 Å². The second kappa shape index (κ2) is 1.60.